The second kappa shape index (κ2) is 5.31. The van der Waals surface area contributed by atoms with Crippen molar-refractivity contribution in [2.24, 2.45) is 0 Å². The quantitative estimate of drug-likeness (QED) is 0.553. The molecule has 0 radical (unpaired) electrons. The standard InChI is InChI=1S/C6H12N2O/c1-3-7-5-6(9)8-4-2/h4,7H,2-3,5H2,1H3,(H,8,9). The van der Waals surface area contributed by atoms with Crippen LogP contribution in [0.15, 0.2) is 12.8 Å². The van der Waals surface area contributed by atoms with E-state index in [1.165, 1.54) is 6.20 Å². The Hall–Kier alpha value is -0.830. The molecule has 1 amide bonds. The van der Waals surface area contributed by atoms with E-state index in [1.807, 2.05) is 6.92 Å². The van der Waals surface area contributed by atoms with Gasteiger partial charge in [0.15, 0.2) is 0 Å². The molecule has 0 fully saturated rings. The smallest absolute Gasteiger partial charge is 0.237 e. The molecule has 0 aromatic carbocycles. The largest absolute Gasteiger partial charge is 0.332 e. The van der Waals surface area contributed by atoms with Gasteiger partial charge >= 0.3 is 0 Å². The second-order valence-corrected chi connectivity index (χ2v) is 1.55. The highest BCUT2D eigenvalue weighted by molar-refractivity contribution is 5.78. The maximum absolute atomic E-state index is 10.6. The summed E-state index contributed by atoms with van der Waals surface area (Å²) in [5.41, 5.74) is 0. The fourth-order valence-electron chi connectivity index (χ4n) is 0.403. The Morgan fingerprint density at radius 1 is 1.78 bits per heavy atom. The number of carbonyl (C=O) groups excluding carboxylic acids is 1. The Bertz CT molecular complexity index is 101. The number of hydrogen-bond acceptors (Lipinski definition) is 2. The number of carbonyl (C=O) groups is 1. The van der Waals surface area contributed by atoms with Gasteiger partial charge in [0.05, 0.1) is 6.54 Å². The molecule has 0 aromatic heterocycles. The molecule has 3 heteroatoms. The van der Waals surface area contributed by atoms with Crippen molar-refractivity contribution in [3.8, 4) is 0 Å². The van der Waals surface area contributed by atoms with Crippen molar-refractivity contribution in [3.05, 3.63) is 12.8 Å². The Balaban J connectivity index is 3.16. The summed E-state index contributed by atoms with van der Waals surface area (Å²) >= 11 is 0. The van der Waals surface area contributed by atoms with E-state index in [9.17, 15) is 4.79 Å². The first-order chi connectivity index (χ1) is 4.31. The van der Waals surface area contributed by atoms with Crippen LogP contribution in [0, 0.1) is 0 Å². The minimum atomic E-state index is -0.0492. The van der Waals surface area contributed by atoms with Gasteiger partial charge in [0.25, 0.3) is 0 Å². The third-order valence-corrected chi connectivity index (χ3v) is 0.799. The summed E-state index contributed by atoms with van der Waals surface area (Å²) < 4.78 is 0. The molecule has 0 heterocycles. The fourth-order valence-corrected chi connectivity index (χ4v) is 0.403. The average Bonchev–Trinajstić information content (AvgIpc) is 1.85. The van der Waals surface area contributed by atoms with Crippen molar-refractivity contribution in [3.63, 3.8) is 0 Å². The zero-order chi connectivity index (χ0) is 7.11. The van der Waals surface area contributed by atoms with Crippen LogP contribution >= 0.6 is 0 Å². The van der Waals surface area contributed by atoms with Crippen molar-refractivity contribution in [1.82, 2.24) is 10.6 Å². The lowest BCUT2D eigenvalue weighted by Crippen LogP contribution is -2.30. The molecule has 9 heavy (non-hydrogen) atoms. The van der Waals surface area contributed by atoms with E-state index in [0.717, 1.165) is 6.54 Å². The summed E-state index contributed by atoms with van der Waals surface area (Å²) in [5.74, 6) is -0.0492. The first-order valence-electron chi connectivity index (χ1n) is 2.92. The first-order valence-corrected chi connectivity index (χ1v) is 2.92. The van der Waals surface area contributed by atoms with Gasteiger partial charge < -0.3 is 10.6 Å². The molecule has 0 aliphatic heterocycles. The number of nitrogens with one attached hydrogen (secondary N) is 2. The fraction of sp³-hybridized carbons (Fsp3) is 0.500. The van der Waals surface area contributed by atoms with E-state index in [2.05, 4.69) is 17.2 Å². The van der Waals surface area contributed by atoms with Gasteiger partial charge in [-0.25, -0.2) is 0 Å². The van der Waals surface area contributed by atoms with E-state index in [4.69, 9.17) is 0 Å². The van der Waals surface area contributed by atoms with Gasteiger partial charge in [0, 0.05) is 0 Å². The maximum Gasteiger partial charge on any atom is 0.237 e. The molecule has 0 aliphatic carbocycles. The number of likely N-dealkylation sites (N-methyl/N-ethyl adjacent to an activating group) is 1. The molecule has 3 nitrogen and oxygen atoms in total. The van der Waals surface area contributed by atoms with Crippen LogP contribution < -0.4 is 10.6 Å². The van der Waals surface area contributed by atoms with Gasteiger partial charge in [0.2, 0.25) is 5.91 Å². The highest BCUT2D eigenvalue weighted by atomic mass is 16.1. The molecule has 0 rings (SSSR count). The number of hydrogen-bond donors (Lipinski definition) is 2. The Labute approximate surface area is 55.1 Å². The van der Waals surface area contributed by atoms with Crippen LogP contribution in [-0.4, -0.2) is 19.0 Å². The topological polar surface area (TPSA) is 41.1 Å². The Morgan fingerprint density at radius 2 is 2.44 bits per heavy atom. The summed E-state index contributed by atoms with van der Waals surface area (Å²) in [7, 11) is 0. The molecule has 0 spiro atoms. The molecular formula is C6H12N2O. The van der Waals surface area contributed by atoms with E-state index in [1.54, 1.807) is 0 Å². The minimum Gasteiger partial charge on any atom is -0.332 e. The van der Waals surface area contributed by atoms with Crippen LogP contribution in [-0.2, 0) is 4.79 Å². The zero-order valence-corrected chi connectivity index (χ0v) is 5.61. The van der Waals surface area contributed by atoms with Crippen molar-refractivity contribution in [2.45, 2.75) is 6.92 Å². The molecule has 52 valence electrons. The summed E-state index contributed by atoms with van der Waals surface area (Å²) in [6.45, 7) is 6.47. The molecule has 2 N–H and O–H groups in total. The number of amides is 1. The van der Waals surface area contributed by atoms with Crippen LogP contribution in [0.1, 0.15) is 6.92 Å². The SMILES string of the molecule is C=CNC(=O)CNCC. The molecule has 0 saturated heterocycles. The predicted molar refractivity (Wildman–Crippen MR) is 36.9 cm³/mol. The monoisotopic (exact) mass is 128 g/mol. The summed E-state index contributed by atoms with van der Waals surface area (Å²) in [5, 5.41) is 5.32. The summed E-state index contributed by atoms with van der Waals surface area (Å²) in [4.78, 5) is 10.6. The van der Waals surface area contributed by atoms with Gasteiger partial charge in [0.1, 0.15) is 0 Å². The normalized spacial score (nSPS) is 8.56. The van der Waals surface area contributed by atoms with Crippen molar-refractivity contribution < 1.29 is 4.79 Å². The third-order valence-electron chi connectivity index (χ3n) is 0.799. The Kier molecular flexibility index (Phi) is 4.82. The van der Waals surface area contributed by atoms with Crippen LogP contribution in [0.25, 0.3) is 0 Å². The molecule has 0 aliphatic rings. The van der Waals surface area contributed by atoms with E-state index in [-0.39, 0.29) is 5.91 Å². The van der Waals surface area contributed by atoms with E-state index >= 15 is 0 Å². The van der Waals surface area contributed by atoms with Crippen LogP contribution in [0.2, 0.25) is 0 Å². The highest BCUT2D eigenvalue weighted by Crippen LogP contribution is 1.61. The lowest BCUT2D eigenvalue weighted by atomic mass is 10.5. The third kappa shape index (κ3) is 5.03. The number of rotatable bonds is 4. The zero-order valence-electron chi connectivity index (χ0n) is 5.61. The van der Waals surface area contributed by atoms with Crippen LogP contribution in [0.3, 0.4) is 0 Å². The van der Waals surface area contributed by atoms with Gasteiger partial charge in [-0.05, 0) is 12.7 Å². The van der Waals surface area contributed by atoms with Crippen LogP contribution in [0.4, 0.5) is 0 Å². The van der Waals surface area contributed by atoms with Gasteiger partial charge in [-0.3, -0.25) is 4.79 Å². The van der Waals surface area contributed by atoms with Crippen molar-refractivity contribution >= 4 is 5.91 Å². The van der Waals surface area contributed by atoms with E-state index < -0.39 is 0 Å². The summed E-state index contributed by atoms with van der Waals surface area (Å²) in [6, 6.07) is 0. The van der Waals surface area contributed by atoms with E-state index in [0.29, 0.717) is 6.54 Å². The average molecular weight is 128 g/mol. The molecule has 0 bridgehead atoms. The predicted octanol–water partition coefficient (Wildman–Crippen LogP) is -0.144. The molecular weight excluding hydrogens is 116 g/mol. The first kappa shape index (κ1) is 8.17. The highest BCUT2D eigenvalue weighted by Gasteiger charge is 1.92. The lowest BCUT2D eigenvalue weighted by molar-refractivity contribution is -0.119. The van der Waals surface area contributed by atoms with Gasteiger partial charge in [-0.2, -0.15) is 0 Å². The maximum atomic E-state index is 10.6. The molecule has 0 aromatic rings. The van der Waals surface area contributed by atoms with Gasteiger partial charge in [-0.1, -0.05) is 13.5 Å². The molecule has 0 saturated carbocycles. The minimum absolute atomic E-state index is 0.0492. The summed E-state index contributed by atoms with van der Waals surface area (Å²) in [6.07, 6.45) is 1.37. The Morgan fingerprint density at radius 3 is 2.89 bits per heavy atom. The lowest BCUT2D eigenvalue weighted by Gasteiger charge is -1.97. The van der Waals surface area contributed by atoms with Crippen molar-refractivity contribution in [1.29, 1.82) is 0 Å². The molecule has 0 unspecified atom stereocenters. The van der Waals surface area contributed by atoms with Gasteiger partial charge in [-0.15, -0.1) is 0 Å². The van der Waals surface area contributed by atoms with Crippen LogP contribution in [0.5, 0.6) is 0 Å². The van der Waals surface area contributed by atoms with Crippen molar-refractivity contribution in [2.75, 3.05) is 13.1 Å². The second-order valence-electron chi connectivity index (χ2n) is 1.55. The molecule has 0 atom stereocenters.